The highest BCUT2D eigenvalue weighted by atomic mass is 79.9. The summed E-state index contributed by atoms with van der Waals surface area (Å²) in [6.45, 7) is 0. The summed E-state index contributed by atoms with van der Waals surface area (Å²) in [6.07, 6.45) is 3.52. The Labute approximate surface area is 119 Å². The topological polar surface area (TPSA) is 30.0 Å². The lowest BCUT2D eigenvalue weighted by atomic mass is 10.0. The average molecular weight is 357 g/mol. The van der Waals surface area contributed by atoms with Crippen molar-refractivity contribution in [1.29, 1.82) is 0 Å². The van der Waals surface area contributed by atoms with Gasteiger partial charge in [0.2, 0.25) is 0 Å². The number of hydrogen-bond acceptors (Lipinski definition) is 2. The van der Waals surface area contributed by atoms with E-state index >= 15 is 0 Å². The van der Waals surface area contributed by atoms with E-state index < -0.39 is 0 Å². The van der Waals surface area contributed by atoms with Crippen LogP contribution in [0.2, 0.25) is 0 Å². The molecular weight excluding hydrogens is 346 g/mol. The predicted octanol–water partition coefficient (Wildman–Crippen LogP) is 3.90. The van der Waals surface area contributed by atoms with Gasteiger partial charge in [-0.15, -0.1) is 17.0 Å². The number of carbonyl (C=O) groups excluding carboxylic acids is 1. The van der Waals surface area contributed by atoms with Crippen molar-refractivity contribution in [2.45, 2.75) is 0 Å². The van der Waals surface area contributed by atoms with Crippen molar-refractivity contribution in [2.75, 3.05) is 5.33 Å². The number of nitrogens with zero attached hydrogens (tertiary/aromatic N) is 1. The Morgan fingerprint density at radius 1 is 1.18 bits per heavy atom. The van der Waals surface area contributed by atoms with E-state index in [9.17, 15) is 4.79 Å². The van der Waals surface area contributed by atoms with Crippen molar-refractivity contribution in [3.63, 3.8) is 0 Å². The summed E-state index contributed by atoms with van der Waals surface area (Å²) in [4.78, 5) is 15.6. The normalized spacial score (nSPS) is 9.47. The van der Waals surface area contributed by atoms with Gasteiger partial charge in [0.1, 0.15) is 0 Å². The van der Waals surface area contributed by atoms with E-state index in [-0.39, 0.29) is 22.8 Å². The van der Waals surface area contributed by atoms with Gasteiger partial charge in [0.05, 0.1) is 5.33 Å². The third-order valence-corrected chi connectivity index (χ3v) is 2.81. The SMILES string of the molecule is Br.O=C(CBr)c1cccc(-c2cccnc2)c1. The van der Waals surface area contributed by atoms with Crippen molar-refractivity contribution >= 4 is 38.7 Å². The van der Waals surface area contributed by atoms with Crippen molar-refractivity contribution in [3.8, 4) is 11.1 Å². The second-order valence-corrected chi connectivity index (χ2v) is 3.94. The molecule has 0 aliphatic rings. The van der Waals surface area contributed by atoms with Gasteiger partial charge in [-0.2, -0.15) is 0 Å². The lowest BCUT2D eigenvalue weighted by molar-refractivity contribution is 0.102. The van der Waals surface area contributed by atoms with Gasteiger partial charge in [-0.05, 0) is 17.7 Å². The van der Waals surface area contributed by atoms with Gasteiger partial charge in [-0.1, -0.05) is 40.2 Å². The molecule has 17 heavy (non-hydrogen) atoms. The highest BCUT2D eigenvalue weighted by molar-refractivity contribution is 9.09. The van der Waals surface area contributed by atoms with Crippen LogP contribution in [0, 0.1) is 0 Å². The molecule has 88 valence electrons. The van der Waals surface area contributed by atoms with Gasteiger partial charge in [-0.3, -0.25) is 9.78 Å². The number of halogens is 2. The van der Waals surface area contributed by atoms with E-state index in [4.69, 9.17) is 0 Å². The van der Waals surface area contributed by atoms with E-state index in [1.807, 2.05) is 36.4 Å². The van der Waals surface area contributed by atoms with Crippen molar-refractivity contribution in [3.05, 3.63) is 54.4 Å². The number of Topliss-reactive ketones (excluding diaryl/α,β-unsaturated/α-hetero) is 1. The van der Waals surface area contributed by atoms with Gasteiger partial charge in [0.25, 0.3) is 0 Å². The second-order valence-electron chi connectivity index (χ2n) is 3.38. The van der Waals surface area contributed by atoms with Crippen LogP contribution in [0.1, 0.15) is 10.4 Å². The number of rotatable bonds is 3. The zero-order valence-electron chi connectivity index (χ0n) is 8.97. The standard InChI is InChI=1S/C13H10BrNO.BrH/c14-8-13(16)11-4-1-3-10(7-11)12-5-2-6-15-9-12;/h1-7,9H,8H2;1H. The molecule has 1 aromatic heterocycles. The molecule has 0 saturated carbocycles. The molecule has 0 saturated heterocycles. The fourth-order valence-corrected chi connectivity index (χ4v) is 1.81. The van der Waals surface area contributed by atoms with Crippen molar-refractivity contribution in [1.82, 2.24) is 4.98 Å². The van der Waals surface area contributed by atoms with E-state index in [0.717, 1.165) is 16.7 Å². The zero-order chi connectivity index (χ0) is 11.4. The molecule has 0 fully saturated rings. The van der Waals surface area contributed by atoms with Crippen molar-refractivity contribution in [2.24, 2.45) is 0 Å². The molecule has 4 heteroatoms. The zero-order valence-corrected chi connectivity index (χ0v) is 12.3. The molecule has 0 atom stereocenters. The van der Waals surface area contributed by atoms with Crippen LogP contribution in [0.5, 0.6) is 0 Å². The molecule has 1 heterocycles. The van der Waals surface area contributed by atoms with Gasteiger partial charge >= 0.3 is 0 Å². The summed E-state index contributed by atoms with van der Waals surface area (Å²) in [5.41, 5.74) is 2.75. The van der Waals surface area contributed by atoms with Crippen LogP contribution in [0.4, 0.5) is 0 Å². The van der Waals surface area contributed by atoms with Crippen molar-refractivity contribution < 1.29 is 4.79 Å². The quantitative estimate of drug-likeness (QED) is 0.616. The molecule has 0 spiro atoms. The first-order valence-corrected chi connectivity index (χ1v) is 6.03. The van der Waals surface area contributed by atoms with Crippen LogP contribution < -0.4 is 0 Å². The van der Waals surface area contributed by atoms with Crippen LogP contribution in [0.25, 0.3) is 11.1 Å². The predicted molar refractivity (Wildman–Crippen MR) is 78.1 cm³/mol. The Kier molecular flexibility index (Phi) is 5.51. The summed E-state index contributed by atoms with van der Waals surface area (Å²) >= 11 is 3.17. The average Bonchev–Trinajstić information content (AvgIpc) is 2.39. The highest BCUT2D eigenvalue weighted by Crippen LogP contribution is 2.19. The summed E-state index contributed by atoms with van der Waals surface area (Å²) in [5.74, 6) is 0.0886. The van der Waals surface area contributed by atoms with E-state index in [2.05, 4.69) is 20.9 Å². The monoisotopic (exact) mass is 355 g/mol. The summed E-state index contributed by atoms with van der Waals surface area (Å²) in [6, 6.07) is 11.4. The Morgan fingerprint density at radius 2 is 1.94 bits per heavy atom. The maximum Gasteiger partial charge on any atom is 0.173 e. The Morgan fingerprint density at radius 3 is 2.59 bits per heavy atom. The molecule has 0 unspecified atom stereocenters. The minimum Gasteiger partial charge on any atom is -0.293 e. The van der Waals surface area contributed by atoms with Gasteiger partial charge in [0.15, 0.2) is 5.78 Å². The first-order chi connectivity index (χ1) is 7.81. The molecule has 0 aliphatic carbocycles. The number of aromatic nitrogens is 1. The molecule has 0 aliphatic heterocycles. The van der Waals surface area contributed by atoms with Crippen LogP contribution in [-0.2, 0) is 0 Å². The van der Waals surface area contributed by atoms with Gasteiger partial charge in [0, 0.05) is 23.5 Å². The van der Waals surface area contributed by atoms with E-state index in [1.165, 1.54) is 0 Å². The summed E-state index contributed by atoms with van der Waals surface area (Å²) in [5, 5.41) is 0.351. The van der Waals surface area contributed by atoms with Crippen LogP contribution >= 0.6 is 32.9 Å². The fourth-order valence-electron chi connectivity index (χ4n) is 1.48. The first kappa shape index (κ1) is 14.1. The second kappa shape index (κ2) is 6.67. The fraction of sp³-hybridized carbons (Fsp3) is 0.0769. The Hall–Kier alpha value is -1.00. The molecule has 2 rings (SSSR count). The molecular formula is C13H11Br2NO. The molecule has 1 aromatic carbocycles. The molecule has 2 nitrogen and oxygen atoms in total. The molecule has 0 amide bonds. The maximum atomic E-state index is 11.5. The van der Waals surface area contributed by atoms with E-state index in [1.54, 1.807) is 12.4 Å². The van der Waals surface area contributed by atoms with E-state index in [0.29, 0.717) is 5.33 Å². The minimum absolute atomic E-state index is 0. The maximum absolute atomic E-state index is 11.5. The lowest BCUT2D eigenvalue weighted by Gasteiger charge is -2.03. The van der Waals surface area contributed by atoms with Gasteiger partial charge < -0.3 is 0 Å². The van der Waals surface area contributed by atoms with Crippen LogP contribution in [0.3, 0.4) is 0 Å². The number of alkyl halides is 1. The Balaban J connectivity index is 0.00000144. The third kappa shape index (κ3) is 3.48. The smallest absolute Gasteiger partial charge is 0.173 e. The lowest BCUT2D eigenvalue weighted by Crippen LogP contribution is -1.99. The minimum atomic E-state index is 0. The van der Waals surface area contributed by atoms with Crippen LogP contribution in [0.15, 0.2) is 48.8 Å². The number of hydrogen-bond donors (Lipinski definition) is 0. The first-order valence-electron chi connectivity index (χ1n) is 4.91. The summed E-state index contributed by atoms with van der Waals surface area (Å²) < 4.78 is 0. The largest absolute Gasteiger partial charge is 0.293 e. The number of pyridine rings is 1. The highest BCUT2D eigenvalue weighted by Gasteiger charge is 2.05. The molecule has 0 N–H and O–H groups in total. The van der Waals surface area contributed by atoms with Crippen LogP contribution in [-0.4, -0.2) is 16.1 Å². The number of ketones is 1. The molecule has 2 aromatic rings. The third-order valence-electron chi connectivity index (χ3n) is 2.30. The number of carbonyl (C=O) groups is 1. The Bertz CT molecular complexity index is 500. The molecule has 0 radical (unpaired) electrons. The van der Waals surface area contributed by atoms with Gasteiger partial charge in [-0.25, -0.2) is 0 Å². The molecule has 0 bridgehead atoms. The number of benzene rings is 1. The summed E-state index contributed by atoms with van der Waals surface area (Å²) in [7, 11) is 0.